The highest BCUT2D eigenvalue weighted by Gasteiger charge is 2.26. The quantitative estimate of drug-likeness (QED) is 0.793. The van der Waals surface area contributed by atoms with Crippen molar-refractivity contribution in [3.05, 3.63) is 18.2 Å². The molecule has 2 unspecified atom stereocenters. The van der Waals surface area contributed by atoms with Crippen LogP contribution in [0, 0.1) is 5.92 Å². The Balaban J connectivity index is 1.72. The van der Waals surface area contributed by atoms with E-state index in [4.69, 9.17) is 0 Å². The summed E-state index contributed by atoms with van der Waals surface area (Å²) in [6.45, 7) is 5.53. The van der Waals surface area contributed by atoms with Crippen LogP contribution in [0.25, 0.3) is 0 Å². The van der Waals surface area contributed by atoms with Gasteiger partial charge in [0.15, 0.2) is 0 Å². The van der Waals surface area contributed by atoms with E-state index in [1.54, 1.807) is 0 Å². The summed E-state index contributed by atoms with van der Waals surface area (Å²) in [5.41, 5.74) is 0. The maximum Gasteiger partial charge on any atom is 0.122 e. The summed E-state index contributed by atoms with van der Waals surface area (Å²) in [5.74, 6) is 2.02. The van der Waals surface area contributed by atoms with Crippen molar-refractivity contribution in [3.8, 4) is 0 Å². The van der Waals surface area contributed by atoms with Crippen LogP contribution >= 0.6 is 0 Å². The Hall–Kier alpha value is -0.870. The van der Waals surface area contributed by atoms with Crippen molar-refractivity contribution in [1.82, 2.24) is 19.8 Å². The third-order valence-corrected chi connectivity index (χ3v) is 4.53. The monoisotopic (exact) mass is 278 g/mol. The Bertz CT molecular complexity index is 388. The molecule has 1 saturated carbocycles. The van der Waals surface area contributed by atoms with Crippen LogP contribution in [0.15, 0.2) is 12.4 Å². The lowest BCUT2D eigenvalue weighted by Crippen LogP contribution is -2.34. The van der Waals surface area contributed by atoms with E-state index in [-0.39, 0.29) is 0 Å². The minimum absolute atomic E-state index is 0.761. The average Bonchev–Trinajstić information content (AvgIpc) is 3.04. The molecule has 0 amide bonds. The summed E-state index contributed by atoms with van der Waals surface area (Å²) in [6.07, 6.45) is 10.6. The molecule has 20 heavy (non-hydrogen) atoms. The Kier molecular flexibility index (Phi) is 6.05. The first-order valence-corrected chi connectivity index (χ1v) is 8.08. The van der Waals surface area contributed by atoms with E-state index >= 15 is 0 Å². The van der Waals surface area contributed by atoms with Gasteiger partial charge in [0.25, 0.3) is 0 Å². The highest BCUT2D eigenvalue weighted by Crippen LogP contribution is 2.28. The van der Waals surface area contributed by atoms with Gasteiger partial charge in [0.1, 0.15) is 5.82 Å². The number of nitrogens with one attached hydrogen (secondary N) is 1. The largest absolute Gasteiger partial charge is 0.337 e. The highest BCUT2D eigenvalue weighted by atomic mass is 15.1. The number of nitrogens with zero attached hydrogens (tertiary/aromatic N) is 3. The van der Waals surface area contributed by atoms with Crippen molar-refractivity contribution in [2.45, 2.75) is 51.6 Å². The summed E-state index contributed by atoms with van der Waals surface area (Å²) >= 11 is 0. The van der Waals surface area contributed by atoms with E-state index in [1.165, 1.54) is 45.2 Å². The molecule has 2 rings (SSSR count). The molecule has 0 bridgehead atoms. The first kappa shape index (κ1) is 15.5. The normalized spacial score (nSPS) is 22.8. The van der Waals surface area contributed by atoms with Crippen molar-refractivity contribution in [3.63, 3.8) is 0 Å². The summed E-state index contributed by atoms with van der Waals surface area (Å²) < 4.78 is 2.11. The molecule has 1 fully saturated rings. The Labute approximate surface area is 123 Å². The molecule has 0 spiro atoms. The Morgan fingerprint density at radius 3 is 3.00 bits per heavy atom. The molecule has 1 heterocycles. The number of imidazole rings is 1. The minimum Gasteiger partial charge on any atom is -0.337 e. The fourth-order valence-electron chi connectivity index (χ4n) is 3.24. The van der Waals surface area contributed by atoms with Gasteiger partial charge < -0.3 is 9.88 Å². The first-order valence-electron chi connectivity index (χ1n) is 8.08. The summed E-state index contributed by atoms with van der Waals surface area (Å²) in [4.78, 5) is 6.80. The summed E-state index contributed by atoms with van der Waals surface area (Å²) in [5, 5.41) is 3.72. The molecule has 114 valence electrons. The average molecular weight is 278 g/mol. The van der Waals surface area contributed by atoms with Gasteiger partial charge in [0.05, 0.1) is 6.54 Å². The summed E-state index contributed by atoms with van der Waals surface area (Å²) in [6, 6.07) is 0.761. The lowest BCUT2D eigenvalue weighted by molar-refractivity contribution is 0.268. The Morgan fingerprint density at radius 1 is 1.45 bits per heavy atom. The molecular weight excluding hydrogens is 248 g/mol. The van der Waals surface area contributed by atoms with Gasteiger partial charge in [-0.2, -0.15) is 0 Å². The van der Waals surface area contributed by atoms with E-state index in [0.29, 0.717) is 0 Å². The molecule has 0 radical (unpaired) electrons. The number of rotatable bonds is 8. The number of aromatic nitrogens is 2. The van der Waals surface area contributed by atoms with Gasteiger partial charge in [-0.3, -0.25) is 4.90 Å². The van der Waals surface area contributed by atoms with Crippen LogP contribution in [0.2, 0.25) is 0 Å². The van der Waals surface area contributed by atoms with Crippen molar-refractivity contribution in [1.29, 1.82) is 0 Å². The fourth-order valence-corrected chi connectivity index (χ4v) is 3.24. The maximum absolute atomic E-state index is 4.40. The van der Waals surface area contributed by atoms with E-state index < -0.39 is 0 Å². The second kappa shape index (κ2) is 7.79. The van der Waals surface area contributed by atoms with Gasteiger partial charge in [-0.1, -0.05) is 13.3 Å². The molecule has 2 atom stereocenters. The lowest BCUT2D eigenvalue weighted by Gasteiger charge is -2.24. The third kappa shape index (κ3) is 4.32. The predicted molar refractivity (Wildman–Crippen MR) is 83.6 cm³/mol. The SMILES string of the molecule is CCCNC1CCCC1CCN(C)Cc1nccn1C. The molecule has 0 saturated heterocycles. The lowest BCUT2D eigenvalue weighted by atomic mass is 9.99. The van der Waals surface area contributed by atoms with Crippen LogP contribution in [-0.2, 0) is 13.6 Å². The Morgan fingerprint density at radius 2 is 2.30 bits per heavy atom. The molecule has 1 aliphatic rings. The van der Waals surface area contributed by atoms with E-state index in [1.807, 2.05) is 12.4 Å². The second-order valence-electron chi connectivity index (χ2n) is 6.23. The molecular formula is C16H30N4. The van der Waals surface area contributed by atoms with E-state index in [0.717, 1.165) is 24.3 Å². The van der Waals surface area contributed by atoms with Gasteiger partial charge >= 0.3 is 0 Å². The van der Waals surface area contributed by atoms with Crippen molar-refractivity contribution < 1.29 is 0 Å². The maximum atomic E-state index is 4.40. The van der Waals surface area contributed by atoms with Crippen molar-refractivity contribution >= 4 is 0 Å². The number of aryl methyl sites for hydroxylation is 1. The van der Waals surface area contributed by atoms with Crippen LogP contribution in [0.5, 0.6) is 0 Å². The van der Waals surface area contributed by atoms with Crippen molar-refractivity contribution in [2.24, 2.45) is 13.0 Å². The predicted octanol–water partition coefficient (Wildman–Crippen LogP) is 2.41. The topological polar surface area (TPSA) is 33.1 Å². The van der Waals surface area contributed by atoms with E-state index in [9.17, 15) is 0 Å². The molecule has 1 aromatic heterocycles. The molecule has 1 aromatic rings. The van der Waals surface area contributed by atoms with Gasteiger partial charge in [-0.05, 0) is 51.7 Å². The minimum atomic E-state index is 0.761. The zero-order chi connectivity index (χ0) is 14.4. The van der Waals surface area contributed by atoms with Gasteiger partial charge in [-0.25, -0.2) is 4.98 Å². The van der Waals surface area contributed by atoms with Gasteiger partial charge in [0, 0.05) is 25.5 Å². The van der Waals surface area contributed by atoms with Crippen LogP contribution in [0.3, 0.4) is 0 Å². The third-order valence-electron chi connectivity index (χ3n) is 4.53. The smallest absolute Gasteiger partial charge is 0.122 e. The first-order chi connectivity index (χ1) is 9.70. The van der Waals surface area contributed by atoms with Crippen LogP contribution in [0.1, 0.15) is 44.9 Å². The fraction of sp³-hybridized carbons (Fsp3) is 0.812. The zero-order valence-corrected chi connectivity index (χ0v) is 13.3. The van der Waals surface area contributed by atoms with E-state index in [2.05, 4.69) is 40.8 Å². The van der Waals surface area contributed by atoms with Crippen LogP contribution < -0.4 is 5.32 Å². The summed E-state index contributed by atoms with van der Waals surface area (Å²) in [7, 11) is 4.27. The van der Waals surface area contributed by atoms with Crippen LogP contribution in [0.4, 0.5) is 0 Å². The molecule has 1 N–H and O–H groups in total. The van der Waals surface area contributed by atoms with Gasteiger partial charge in [-0.15, -0.1) is 0 Å². The number of hydrogen-bond donors (Lipinski definition) is 1. The second-order valence-corrected chi connectivity index (χ2v) is 6.23. The van der Waals surface area contributed by atoms with Gasteiger partial charge in [0.2, 0.25) is 0 Å². The molecule has 0 aliphatic heterocycles. The van der Waals surface area contributed by atoms with Crippen molar-refractivity contribution in [2.75, 3.05) is 20.1 Å². The number of hydrogen-bond acceptors (Lipinski definition) is 3. The molecule has 1 aliphatic carbocycles. The molecule has 0 aromatic carbocycles. The zero-order valence-electron chi connectivity index (χ0n) is 13.3. The standard InChI is InChI=1S/C16H30N4/c1-4-9-17-15-7-5-6-14(15)8-11-19(2)13-16-18-10-12-20(16)3/h10,12,14-15,17H,4-9,11,13H2,1-3H3. The van der Waals surface area contributed by atoms with Crippen LogP contribution in [-0.4, -0.2) is 40.6 Å². The molecule has 4 heteroatoms. The highest BCUT2D eigenvalue weighted by molar-refractivity contribution is 4.91. The molecule has 4 nitrogen and oxygen atoms in total.